The minimum atomic E-state index is 0.507. The van der Waals surface area contributed by atoms with Crippen LogP contribution in [0.4, 0.5) is 0 Å². The lowest BCUT2D eigenvalue weighted by molar-refractivity contribution is 0.0601. The van der Waals surface area contributed by atoms with E-state index in [9.17, 15) is 0 Å². The van der Waals surface area contributed by atoms with E-state index in [4.69, 9.17) is 0 Å². The molecule has 0 saturated heterocycles. The van der Waals surface area contributed by atoms with E-state index >= 15 is 0 Å². The molecule has 10 rings (SSSR count). The monoisotopic (exact) mass is 1430 g/mol. The maximum Gasteiger partial charge on any atom is -0.0277 e. The van der Waals surface area contributed by atoms with Gasteiger partial charge in [0.1, 0.15) is 0 Å². The Hall–Kier alpha value is 0. The molecule has 0 amide bonds. The van der Waals surface area contributed by atoms with Crippen LogP contribution in [0.25, 0.3) is 0 Å². The lowest BCUT2D eigenvalue weighted by Gasteiger charge is -2.45. The molecule has 0 aromatic rings. The Kier molecular flexibility index (Phi) is 49.8. The summed E-state index contributed by atoms with van der Waals surface area (Å²) in [5.41, 5.74) is 7.84. The van der Waals surface area contributed by atoms with Crippen molar-refractivity contribution in [1.29, 1.82) is 0 Å². The zero-order valence-electron chi connectivity index (χ0n) is 77.2. The highest BCUT2D eigenvalue weighted by Crippen LogP contribution is 2.52. The first-order chi connectivity index (χ1) is 47.6. The maximum atomic E-state index is 2.47. The zero-order chi connectivity index (χ0) is 77.2. The van der Waals surface area contributed by atoms with Crippen LogP contribution >= 0.6 is 0 Å². The van der Waals surface area contributed by atoms with Crippen LogP contribution in [0.3, 0.4) is 0 Å². The Labute approximate surface area is 651 Å². The quantitative estimate of drug-likeness (QED) is 0.213. The molecule has 0 bridgehead atoms. The Morgan fingerprint density at radius 1 is 0.206 bits per heavy atom. The van der Waals surface area contributed by atoms with Crippen molar-refractivity contribution < 1.29 is 0 Å². The Bertz CT molecular complexity index is 1890. The summed E-state index contributed by atoms with van der Waals surface area (Å²) in [6, 6.07) is 0. The van der Waals surface area contributed by atoms with Crippen molar-refractivity contribution >= 4 is 0 Å². The average Bonchev–Trinajstić information content (AvgIpc) is 1.24. The fraction of sp³-hybridized carbons (Fsp3) is 1.00. The van der Waals surface area contributed by atoms with Gasteiger partial charge >= 0.3 is 0 Å². The summed E-state index contributed by atoms with van der Waals surface area (Å²) >= 11 is 0. The van der Waals surface area contributed by atoms with Crippen molar-refractivity contribution in [1.82, 2.24) is 0 Å². The third kappa shape index (κ3) is 42.4. The van der Waals surface area contributed by atoms with E-state index in [0.29, 0.717) is 54.1 Å². The fourth-order valence-corrected chi connectivity index (χ4v) is 20.1. The van der Waals surface area contributed by atoms with Crippen LogP contribution < -0.4 is 0 Å². The second kappa shape index (κ2) is 50.8. The first kappa shape index (κ1) is 100. The predicted molar refractivity (Wildman–Crippen MR) is 470 cm³/mol. The van der Waals surface area contributed by atoms with E-state index < -0.39 is 0 Å². The van der Waals surface area contributed by atoms with Crippen LogP contribution in [0.2, 0.25) is 0 Å². The molecule has 0 nitrogen and oxygen atoms in total. The van der Waals surface area contributed by atoms with Gasteiger partial charge in [-0.15, -0.1) is 0 Å². The molecule has 0 radical (unpaired) electrons. The summed E-state index contributed by atoms with van der Waals surface area (Å²) in [6.07, 6.45) is 87.8. The highest BCUT2D eigenvalue weighted by Gasteiger charge is 2.40. The third-order valence-corrected chi connectivity index (χ3v) is 32.4. The van der Waals surface area contributed by atoms with E-state index in [1.165, 1.54) is 385 Å². The Balaban J connectivity index is 0.000000568. The van der Waals surface area contributed by atoms with Gasteiger partial charge in [0, 0.05) is 0 Å². The van der Waals surface area contributed by atoms with E-state index in [2.05, 4.69) is 187 Å². The minimum Gasteiger partial charge on any atom is -0.0649 e. The van der Waals surface area contributed by atoms with Crippen molar-refractivity contribution in [2.75, 3.05) is 0 Å². The van der Waals surface area contributed by atoms with Gasteiger partial charge < -0.3 is 0 Å². The fourth-order valence-electron chi connectivity index (χ4n) is 20.1. The Morgan fingerprint density at radius 2 is 0.363 bits per heavy atom. The molecule has 102 heavy (non-hydrogen) atoms. The molecule has 0 heteroatoms. The lowest BCUT2D eigenvalue weighted by Crippen LogP contribution is -2.34. The molecule has 0 aromatic carbocycles. The number of hydrogen-bond donors (Lipinski definition) is 0. The smallest absolute Gasteiger partial charge is 0.0277 e. The number of hydrogen-bond acceptors (Lipinski definition) is 0. The molecule has 0 N–H and O–H groups in total. The molecular weight excluding hydrogens is 1230 g/mol. The van der Waals surface area contributed by atoms with Gasteiger partial charge in [0.2, 0.25) is 0 Å². The van der Waals surface area contributed by atoms with E-state index in [-0.39, 0.29) is 0 Å². The summed E-state index contributed by atoms with van der Waals surface area (Å²) in [7, 11) is 0. The van der Waals surface area contributed by atoms with Crippen molar-refractivity contribution in [2.24, 2.45) is 82.7 Å². The molecule has 0 spiro atoms. The van der Waals surface area contributed by atoms with Gasteiger partial charge in [-0.1, -0.05) is 437 Å². The maximum absolute atomic E-state index is 2.47. The number of rotatable bonds is 8. The molecule has 10 aliphatic rings. The first-order valence-electron chi connectivity index (χ1n) is 47.6. The minimum absolute atomic E-state index is 0.507. The summed E-state index contributed by atoms with van der Waals surface area (Å²) in [5.74, 6) is 2.66. The topological polar surface area (TPSA) is 0 Å². The standard InChI is InChI=1S/C14H28.2C11H22.4C10H20.2C9H18.C8H16/c1-14(2)12-10-8-6-4-3-5-7-9-11-13-14;1-10(2,3)11(4)8-6-5-7-9-11;1-3-11(2)9-7-5-4-6-8-10-11;1-9(2,3)10(4)7-5-6-8-10;1-9(2)8-10(3)6-4-5-7-10;1-9(2)10(3)7-5-4-6-8-10;1-3-10(2)8-6-4-5-7-9-10;1-8(2)9(3)6-4-5-7-9;1-3-9(2)7-5-4-6-8-9;1-3-8(2)6-4-5-7-8/h3-13H2,1-2H3;5-9H2,1-4H3;3-10H2,1-2H3;5-8H2,1-4H3;2*9H,4-8H2,1-3H3;3-9H2,1-2H3;8H,4-7H2,1-3H3;3-8H2,1-2H3;3-7H2,1-2H3. The van der Waals surface area contributed by atoms with Gasteiger partial charge in [-0.2, -0.15) is 0 Å². The normalized spacial score (nSPS) is 25.5. The van der Waals surface area contributed by atoms with Crippen LogP contribution in [0.15, 0.2) is 0 Å². The van der Waals surface area contributed by atoms with Crippen LogP contribution in [0.1, 0.15) is 572 Å². The van der Waals surface area contributed by atoms with Gasteiger partial charge in [-0.3, -0.25) is 0 Å². The zero-order valence-corrected chi connectivity index (χ0v) is 77.2. The molecule has 0 aliphatic heterocycles. The van der Waals surface area contributed by atoms with Crippen molar-refractivity contribution in [3.05, 3.63) is 0 Å². The predicted octanol–water partition coefficient (Wildman–Crippen LogP) is 37.6. The van der Waals surface area contributed by atoms with E-state index in [1.54, 1.807) is 0 Å². The van der Waals surface area contributed by atoms with Gasteiger partial charge in [0.15, 0.2) is 0 Å². The van der Waals surface area contributed by atoms with E-state index in [0.717, 1.165) is 28.6 Å². The second-order valence-corrected chi connectivity index (χ2v) is 44.8. The molecular formula is C102H204. The van der Waals surface area contributed by atoms with Gasteiger partial charge in [-0.05, 0) is 218 Å². The highest BCUT2D eigenvalue weighted by molar-refractivity contribution is 4.91. The van der Waals surface area contributed by atoms with Crippen LogP contribution in [-0.2, 0) is 0 Å². The largest absolute Gasteiger partial charge is 0.0649 e. The highest BCUT2D eigenvalue weighted by atomic mass is 14.5. The summed E-state index contributed by atoms with van der Waals surface area (Å²) in [5, 5.41) is 0. The molecule has 0 heterocycles. The van der Waals surface area contributed by atoms with Gasteiger partial charge in [-0.25, -0.2) is 0 Å². The van der Waals surface area contributed by atoms with Crippen molar-refractivity contribution in [3.8, 4) is 0 Å². The molecule has 0 atom stereocenters. The molecule has 612 valence electrons. The first-order valence-corrected chi connectivity index (χ1v) is 47.6. The van der Waals surface area contributed by atoms with Crippen LogP contribution in [0, 0.1) is 82.7 Å². The Morgan fingerprint density at radius 3 is 0.549 bits per heavy atom. The summed E-state index contributed by atoms with van der Waals surface area (Å²) in [6.45, 7) is 64.7. The van der Waals surface area contributed by atoms with Crippen LogP contribution in [0.5, 0.6) is 0 Å². The molecule has 10 saturated carbocycles. The summed E-state index contributed by atoms with van der Waals surface area (Å²) < 4.78 is 0. The lowest BCUT2D eigenvalue weighted by atomic mass is 9.61. The van der Waals surface area contributed by atoms with E-state index in [1.807, 2.05) is 0 Å². The van der Waals surface area contributed by atoms with Crippen LogP contribution in [-0.4, -0.2) is 0 Å². The molecule has 10 aliphatic carbocycles. The SMILES string of the molecule is CC(C)(C)C1(C)CCCC1.CC(C)(C)C1(C)CCCCC1.CC(C)C1(C)CCCC1.CC(C)C1(C)CCCCC1.CC(C)CC1(C)CCCC1.CC1(C)CCCCCCCCCCC1.CCC1(C)CCCC1.CCC1(C)CCCCC1.CCC1(C)CCCCCC1.CCC1(C)CCCCCCC1. The molecule has 0 unspecified atom stereocenters. The second-order valence-electron chi connectivity index (χ2n) is 44.8. The van der Waals surface area contributed by atoms with Crippen molar-refractivity contribution in [3.63, 3.8) is 0 Å². The van der Waals surface area contributed by atoms with Gasteiger partial charge in [0.05, 0.1) is 0 Å². The van der Waals surface area contributed by atoms with Crippen molar-refractivity contribution in [2.45, 2.75) is 572 Å². The molecule has 10 fully saturated rings. The summed E-state index contributed by atoms with van der Waals surface area (Å²) in [4.78, 5) is 0. The van der Waals surface area contributed by atoms with Gasteiger partial charge in [0.25, 0.3) is 0 Å². The third-order valence-electron chi connectivity index (χ3n) is 32.4. The average molecular weight is 1430 g/mol. The molecule has 0 aromatic heterocycles.